The summed E-state index contributed by atoms with van der Waals surface area (Å²) in [6, 6.07) is 11.1. The normalized spacial score (nSPS) is 11.0. The van der Waals surface area contributed by atoms with Crippen LogP contribution in [0.25, 0.3) is 5.65 Å². The Morgan fingerprint density at radius 2 is 1.95 bits per heavy atom. The monoisotopic (exact) mass is 301 g/mol. The van der Waals surface area contributed by atoms with Crippen LogP contribution in [0.5, 0.6) is 0 Å². The summed E-state index contributed by atoms with van der Waals surface area (Å²) in [6.07, 6.45) is 1.11. The molecule has 3 aromatic rings. The maximum absolute atomic E-state index is 12.5. The van der Waals surface area contributed by atoms with E-state index in [1.165, 1.54) is 24.3 Å². The Kier molecular flexibility index (Phi) is 3.82. The first-order chi connectivity index (χ1) is 10.6. The highest BCUT2D eigenvalue weighted by Crippen LogP contribution is 2.20. The average molecular weight is 301 g/mol. The highest BCUT2D eigenvalue weighted by Gasteiger charge is 2.09. The van der Waals surface area contributed by atoms with Gasteiger partial charge < -0.3 is 9.72 Å². The third kappa shape index (κ3) is 2.95. The molecule has 1 amide bonds. The van der Waals surface area contributed by atoms with Crippen LogP contribution in [-0.4, -0.2) is 15.3 Å². The lowest BCUT2D eigenvalue weighted by Gasteiger charge is -2.08. The number of amides is 1. The molecule has 0 spiro atoms. The largest absolute Gasteiger partial charge is 0.326 e. The lowest BCUT2D eigenvalue weighted by Crippen LogP contribution is -2.16. The van der Waals surface area contributed by atoms with Crippen LogP contribution in [0.1, 0.15) is 17.7 Å². The quantitative estimate of drug-likeness (QED) is 0.802. The first-order valence-corrected chi connectivity index (χ1v) is 6.72. The van der Waals surface area contributed by atoms with Crippen molar-refractivity contribution in [2.45, 2.75) is 12.8 Å². The molecule has 3 rings (SSSR count). The van der Waals surface area contributed by atoms with Crippen LogP contribution in [0.2, 0.25) is 0 Å². The maximum Gasteiger partial charge on any atom is 0.263 e. The number of benzene rings is 1. The number of hydrogen-bond acceptors (Lipinski definition) is 2. The number of anilines is 1. The molecule has 4 nitrogen and oxygen atoms in total. The number of nitrogens with one attached hydrogen (secondary N) is 1. The van der Waals surface area contributed by atoms with Crippen LogP contribution in [0.4, 0.5) is 14.5 Å². The van der Waals surface area contributed by atoms with Gasteiger partial charge in [-0.25, -0.2) is 13.8 Å². The maximum atomic E-state index is 12.5. The van der Waals surface area contributed by atoms with E-state index < -0.39 is 6.43 Å². The first kappa shape index (κ1) is 14.2. The van der Waals surface area contributed by atoms with E-state index in [2.05, 4.69) is 10.3 Å². The fourth-order valence-electron chi connectivity index (χ4n) is 2.23. The van der Waals surface area contributed by atoms with Gasteiger partial charge in [-0.15, -0.1) is 0 Å². The molecule has 2 heterocycles. The van der Waals surface area contributed by atoms with Crippen LogP contribution < -0.4 is 5.32 Å². The summed E-state index contributed by atoms with van der Waals surface area (Å²) in [7, 11) is 0. The summed E-state index contributed by atoms with van der Waals surface area (Å²) in [5.41, 5.74) is 2.00. The Morgan fingerprint density at radius 3 is 2.68 bits per heavy atom. The van der Waals surface area contributed by atoms with E-state index in [0.717, 1.165) is 11.3 Å². The van der Waals surface area contributed by atoms with Crippen molar-refractivity contribution in [3.8, 4) is 0 Å². The molecule has 0 radical (unpaired) electrons. The summed E-state index contributed by atoms with van der Waals surface area (Å²) in [6.45, 7) is 0. The van der Waals surface area contributed by atoms with Gasteiger partial charge in [0.2, 0.25) is 5.91 Å². The number of hydrogen-bond donors (Lipinski definition) is 1. The fourth-order valence-corrected chi connectivity index (χ4v) is 2.23. The zero-order chi connectivity index (χ0) is 15.5. The number of carbonyl (C=O) groups excluding carboxylic acids is 1. The lowest BCUT2D eigenvalue weighted by molar-refractivity contribution is -0.115. The first-order valence-electron chi connectivity index (χ1n) is 6.72. The minimum absolute atomic E-state index is 0.0683. The highest BCUT2D eigenvalue weighted by atomic mass is 19.3. The molecule has 0 aliphatic carbocycles. The van der Waals surface area contributed by atoms with Crippen molar-refractivity contribution < 1.29 is 13.6 Å². The topological polar surface area (TPSA) is 46.4 Å². The van der Waals surface area contributed by atoms with E-state index in [1.54, 1.807) is 12.4 Å². The van der Waals surface area contributed by atoms with Gasteiger partial charge in [-0.3, -0.25) is 4.79 Å². The Labute approximate surface area is 125 Å². The predicted molar refractivity (Wildman–Crippen MR) is 78.9 cm³/mol. The molecule has 0 fully saturated rings. The Hall–Kier alpha value is -2.76. The second kappa shape index (κ2) is 5.93. The number of fused-ring (bicyclic) bond motifs is 1. The predicted octanol–water partition coefficient (Wildman–Crippen LogP) is 3.45. The molecule has 112 valence electrons. The van der Waals surface area contributed by atoms with Crippen molar-refractivity contribution in [2.24, 2.45) is 0 Å². The molecular formula is C16H13F2N3O. The van der Waals surface area contributed by atoms with E-state index in [0.29, 0.717) is 5.69 Å². The molecule has 0 atom stereocenters. The number of carbonyl (C=O) groups is 1. The molecule has 0 saturated heterocycles. The molecule has 0 aliphatic heterocycles. The number of aromatic nitrogens is 2. The minimum atomic E-state index is -2.51. The van der Waals surface area contributed by atoms with Gasteiger partial charge in [0.15, 0.2) is 0 Å². The van der Waals surface area contributed by atoms with Crippen LogP contribution in [0.3, 0.4) is 0 Å². The summed E-state index contributed by atoms with van der Waals surface area (Å²) < 4.78 is 26.8. The van der Waals surface area contributed by atoms with Gasteiger partial charge in [-0.05, 0) is 24.3 Å². The Morgan fingerprint density at radius 1 is 1.18 bits per heavy atom. The number of imidazole rings is 1. The molecule has 0 saturated carbocycles. The van der Waals surface area contributed by atoms with Gasteiger partial charge >= 0.3 is 0 Å². The van der Waals surface area contributed by atoms with E-state index in [4.69, 9.17) is 0 Å². The standard InChI is InChI=1S/C16H13F2N3O/c17-16(18)11-4-6-12(7-5-11)20-15(22)10-13-2-1-3-14-19-8-9-21(13)14/h1-9,16H,10H2,(H,20,22). The second-order valence-electron chi connectivity index (χ2n) is 4.82. The Balaban J connectivity index is 1.71. The van der Waals surface area contributed by atoms with Crippen molar-refractivity contribution in [1.29, 1.82) is 0 Å². The van der Waals surface area contributed by atoms with E-state index in [1.807, 2.05) is 22.6 Å². The summed E-state index contributed by atoms with van der Waals surface area (Å²) in [4.78, 5) is 16.2. The molecule has 22 heavy (non-hydrogen) atoms. The van der Waals surface area contributed by atoms with Crippen molar-refractivity contribution in [1.82, 2.24) is 9.38 Å². The smallest absolute Gasteiger partial charge is 0.263 e. The number of pyridine rings is 1. The zero-order valence-corrected chi connectivity index (χ0v) is 11.5. The molecule has 1 N–H and O–H groups in total. The third-order valence-electron chi connectivity index (χ3n) is 3.30. The number of alkyl halides is 2. The van der Waals surface area contributed by atoms with Gasteiger partial charge in [-0.1, -0.05) is 18.2 Å². The zero-order valence-electron chi connectivity index (χ0n) is 11.5. The lowest BCUT2D eigenvalue weighted by atomic mass is 10.2. The van der Waals surface area contributed by atoms with Gasteiger partial charge in [0.1, 0.15) is 5.65 Å². The number of halogens is 2. The van der Waals surface area contributed by atoms with E-state index in [9.17, 15) is 13.6 Å². The van der Waals surface area contributed by atoms with Crippen LogP contribution >= 0.6 is 0 Å². The summed E-state index contributed by atoms with van der Waals surface area (Å²) >= 11 is 0. The van der Waals surface area contributed by atoms with Gasteiger partial charge in [0.25, 0.3) is 6.43 Å². The van der Waals surface area contributed by atoms with E-state index >= 15 is 0 Å². The van der Waals surface area contributed by atoms with Crippen LogP contribution in [0.15, 0.2) is 54.9 Å². The van der Waals surface area contributed by atoms with Crippen molar-refractivity contribution in [3.05, 3.63) is 66.1 Å². The van der Waals surface area contributed by atoms with Gasteiger partial charge in [-0.2, -0.15) is 0 Å². The Bertz CT molecular complexity index is 797. The van der Waals surface area contributed by atoms with Gasteiger partial charge in [0, 0.05) is 29.3 Å². The second-order valence-corrected chi connectivity index (χ2v) is 4.82. The average Bonchev–Trinajstić information content (AvgIpc) is 2.97. The van der Waals surface area contributed by atoms with Crippen LogP contribution in [0, 0.1) is 0 Å². The van der Waals surface area contributed by atoms with E-state index in [-0.39, 0.29) is 17.9 Å². The molecule has 0 bridgehead atoms. The molecule has 2 aromatic heterocycles. The molecular weight excluding hydrogens is 288 g/mol. The highest BCUT2D eigenvalue weighted by molar-refractivity contribution is 5.92. The molecule has 0 aliphatic rings. The van der Waals surface area contributed by atoms with Crippen molar-refractivity contribution in [3.63, 3.8) is 0 Å². The SMILES string of the molecule is O=C(Cc1cccc2nccn12)Nc1ccc(C(F)F)cc1. The molecule has 6 heteroatoms. The number of rotatable bonds is 4. The molecule has 0 unspecified atom stereocenters. The fraction of sp³-hybridized carbons (Fsp3) is 0.125. The summed E-state index contributed by atoms with van der Waals surface area (Å²) in [5, 5.41) is 2.70. The van der Waals surface area contributed by atoms with Gasteiger partial charge in [0.05, 0.1) is 6.42 Å². The van der Waals surface area contributed by atoms with Crippen molar-refractivity contribution in [2.75, 3.05) is 5.32 Å². The minimum Gasteiger partial charge on any atom is -0.326 e. The van der Waals surface area contributed by atoms with Crippen molar-refractivity contribution >= 4 is 17.2 Å². The molecule has 1 aromatic carbocycles. The van der Waals surface area contributed by atoms with Crippen LogP contribution in [-0.2, 0) is 11.2 Å². The summed E-state index contributed by atoms with van der Waals surface area (Å²) in [5.74, 6) is -0.217. The third-order valence-corrected chi connectivity index (χ3v) is 3.30. The number of nitrogens with zero attached hydrogens (tertiary/aromatic N) is 2.